The zero-order valence-electron chi connectivity index (χ0n) is 8.54. The molecule has 0 radical (unpaired) electrons. The highest BCUT2D eigenvalue weighted by atomic mass is 32.2. The molecule has 1 N–H and O–H groups in total. The Bertz CT molecular complexity index is 327. The molecule has 0 aromatic heterocycles. The predicted octanol–water partition coefficient (Wildman–Crippen LogP) is 2.28. The maximum Gasteiger partial charge on any atom is 0.138 e. The van der Waals surface area contributed by atoms with Crippen molar-refractivity contribution < 1.29 is 4.74 Å². The van der Waals surface area contributed by atoms with Gasteiger partial charge < -0.3 is 10.1 Å². The van der Waals surface area contributed by atoms with Crippen LogP contribution in [0.1, 0.15) is 12.5 Å². The molecule has 0 amide bonds. The summed E-state index contributed by atoms with van der Waals surface area (Å²) in [6.07, 6.45) is 1.07. The van der Waals surface area contributed by atoms with Crippen LogP contribution in [-0.2, 0) is 6.42 Å². The van der Waals surface area contributed by atoms with Crippen molar-refractivity contribution >= 4 is 11.8 Å². The average Bonchev–Trinajstić information content (AvgIpc) is 2.64. The zero-order chi connectivity index (χ0) is 9.97. The van der Waals surface area contributed by atoms with Crippen molar-refractivity contribution in [2.75, 3.05) is 13.0 Å². The quantitative estimate of drug-likeness (QED) is 0.825. The third kappa shape index (κ3) is 2.04. The summed E-state index contributed by atoms with van der Waals surface area (Å²) in [5, 5.41) is 3.24. The number of rotatable bonds is 3. The molecule has 1 aromatic rings. The summed E-state index contributed by atoms with van der Waals surface area (Å²) in [6.45, 7) is 2.19. The summed E-state index contributed by atoms with van der Waals surface area (Å²) in [7, 11) is 2.00. The number of nitrogens with one attached hydrogen (secondary N) is 1. The maximum atomic E-state index is 5.43. The topological polar surface area (TPSA) is 21.3 Å². The van der Waals surface area contributed by atoms with Crippen LogP contribution in [0.2, 0.25) is 0 Å². The van der Waals surface area contributed by atoms with Gasteiger partial charge >= 0.3 is 0 Å². The minimum atomic E-state index is 0.528. The second-order valence-electron chi connectivity index (χ2n) is 3.58. The molecule has 2 rings (SSSR count). The Morgan fingerprint density at radius 1 is 1.57 bits per heavy atom. The number of likely N-dealkylation sites (N-methyl/N-ethyl adjacent to an activating group) is 1. The number of benzene rings is 1. The van der Waals surface area contributed by atoms with Crippen LogP contribution in [0.15, 0.2) is 23.1 Å². The maximum absolute atomic E-state index is 5.43. The van der Waals surface area contributed by atoms with Crippen LogP contribution in [0.4, 0.5) is 0 Å². The highest BCUT2D eigenvalue weighted by Crippen LogP contribution is 2.36. The molecule has 0 aliphatic carbocycles. The van der Waals surface area contributed by atoms with Crippen LogP contribution in [0.3, 0.4) is 0 Å². The van der Waals surface area contributed by atoms with Crippen LogP contribution >= 0.6 is 11.8 Å². The molecule has 0 saturated carbocycles. The average molecular weight is 209 g/mol. The van der Waals surface area contributed by atoms with Crippen molar-refractivity contribution in [3.05, 3.63) is 23.8 Å². The third-order valence-electron chi connectivity index (χ3n) is 2.47. The molecule has 3 heteroatoms. The number of hydrogen-bond acceptors (Lipinski definition) is 3. The molecule has 76 valence electrons. The summed E-state index contributed by atoms with van der Waals surface area (Å²) in [5.41, 5.74) is 1.38. The Labute approximate surface area is 89.0 Å². The van der Waals surface area contributed by atoms with Gasteiger partial charge in [0.2, 0.25) is 0 Å². The van der Waals surface area contributed by atoms with Gasteiger partial charge in [-0.2, -0.15) is 0 Å². The molecule has 1 heterocycles. The van der Waals surface area contributed by atoms with Gasteiger partial charge in [-0.1, -0.05) is 17.8 Å². The van der Waals surface area contributed by atoms with E-state index >= 15 is 0 Å². The van der Waals surface area contributed by atoms with Gasteiger partial charge in [0.1, 0.15) is 11.7 Å². The molecule has 14 heavy (non-hydrogen) atoms. The first-order valence-electron chi connectivity index (χ1n) is 4.85. The largest absolute Gasteiger partial charge is 0.481 e. The molecule has 1 aromatic carbocycles. The van der Waals surface area contributed by atoms with Gasteiger partial charge in [-0.25, -0.2) is 0 Å². The number of fused-ring (bicyclic) bond motifs is 1. The molecule has 1 aliphatic heterocycles. The van der Waals surface area contributed by atoms with Crippen LogP contribution in [0.5, 0.6) is 5.75 Å². The van der Waals surface area contributed by atoms with E-state index < -0.39 is 0 Å². The van der Waals surface area contributed by atoms with Gasteiger partial charge in [0.25, 0.3) is 0 Å². The van der Waals surface area contributed by atoms with E-state index in [1.807, 2.05) is 7.05 Å². The lowest BCUT2D eigenvalue weighted by Crippen LogP contribution is -2.23. The first-order chi connectivity index (χ1) is 6.79. The van der Waals surface area contributed by atoms with Crippen LogP contribution in [0.25, 0.3) is 0 Å². The van der Waals surface area contributed by atoms with Crippen molar-refractivity contribution in [2.45, 2.75) is 24.3 Å². The van der Waals surface area contributed by atoms with Crippen molar-refractivity contribution in [2.24, 2.45) is 0 Å². The Hall–Kier alpha value is -0.670. The normalized spacial score (nSPS) is 16.1. The van der Waals surface area contributed by atoms with E-state index in [1.165, 1.54) is 10.5 Å². The van der Waals surface area contributed by atoms with E-state index in [9.17, 15) is 0 Å². The molecule has 0 saturated heterocycles. The van der Waals surface area contributed by atoms with Crippen molar-refractivity contribution in [1.29, 1.82) is 0 Å². The van der Waals surface area contributed by atoms with Gasteiger partial charge in [0.05, 0.1) is 4.90 Å². The highest BCUT2D eigenvalue weighted by molar-refractivity contribution is 7.99. The number of ether oxygens (including phenoxy) is 1. The Morgan fingerprint density at radius 3 is 3.21 bits per heavy atom. The van der Waals surface area contributed by atoms with Crippen molar-refractivity contribution in [3.63, 3.8) is 0 Å². The fraction of sp³-hybridized carbons (Fsp3) is 0.455. The predicted molar refractivity (Wildman–Crippen MR) is 60.0 cm³/mol. The minimum Gasteiger partial charge on any atom is -0.481 e. The van der Waals surface area contributed by atoms with Gasteiger partial charge in [0, 0.05) is 6.04 Å². The lowest BCUT2D eigenvalue weighted by molar-refractivity contribution is 0.397. The minimum absolute atomic E-state index is 0.528. The second-order valence-corrected chi connectivity index (χ2v) is 4.55. The van der Waals surface area contributed by atoms with Crippen LogP contribution in [0, 0.1) is 0 Å². The fourth-order valence-electron chi connectivity index (χ4n) is 1.52. The molecule has 1 atom stereocenters. The monoisotopic (exact) mass is 209 g/mol. The van der Waals surface area contributed by atoms with Gasteiger partial charge in [-0.15, -0.1) is 0 Å². The first kappa shape index (κ1) is 9.87. The Balaban J connectivity index is 2.12. The summed E-state index contributed by atoms with van der Waals surface area (Å²) in [6, 6.07) is 6.99. The molecule has 0 spiro atoms. The Kier molecular flexibility index (Phi) is 2.99. The molecule has 0 fully saturated rings. The van der Waals surface area contributed by atoms with Crippen molar-refractivity contribution in [3.8, 4) is 5.75 Å². The van der Waals surface area contributed by atoms with Crippen LogP contribution < -0.4 is 10.1 Å². The SMILES string of the molecule is CN[C@@H](C)Cc1ccc2c(c1)SCO2. The number of thioether (sulfide) groups is 1. The summed E-state index contributed by atoms with van der Waals surface area (Å²) in [5.74, 6) is 1.80. The lowest BCUT2D eigenvalue weighted by atomic mass is 10.1. The van der Waals surface area contributed by atoms with E-state index in [2.05, 4.69) is 30.4 Å². The smallest absolute Gasteiger partial charge is 0.138 e. The zero-order valence-corrected chi connectivity index (χ0v) is 9.36. The standard InChI is InChI=1S/C11H15NOS/c1-8(12-2)5-9-3-4-10-11(6-9)14-7-13-10/h3-4,6,8,12H,5,7H2,1-2H3/t8-/m0/s1. The van der Waals surface area contributed by atoms with Gasteiger partial charge in [-0.3, -0.25) is 0 Å². The molecular weight excluding hydrogens is 194 g/mol. The van der Waals surface area contributed by atoms with E-state index in [0.29, 0.717) is 6.04 Å². The summed E-state index contributed by atoms with van der Waals surface area (Å²) >= 11 is 1.77. The van der Waals surface area contributed by atoms with E-state index in [0.717, 1.165) is 18.1 Å². The summed E-state index contributed by atoms with van der Waals surface area (Å²) < 4.78 is 5.43. The Morgan fingerprint density at radius 2 is 2.43 bits per heavy atom. The second kappa shape index (κ2) is 4.24. The number of hydrogen-bond donors (Lipinski definition) is 1. The van der Waals surface area contributed by atoms with Gasteiger partial charge in [-0.05, 0) is 38.1 Å². The molecule has 1 aliphatic rings. The van der Waals surface area contributed by atoms with Crippen LogP contribution in [-0.4, -0.2) is 19.0 Å². The summed E-state index contributed by atoms with van der Waals surface area (Å²) in [4.78, 5) is 1.28. The first-order valence-corrected chi connectivity index (χ1v) is 5.84. The van der Waals surface area contributed by atoms with E-state index in [4.69, 9.17) is 4.74 Å². The lowest BCUT2D eigenvalue weighted by Gasteiger charge is -2.10. The highest BCUT2D eigenvalue weighted by Gasteiger charge is 2.13. The third-order valence-corrected chi connectivity index (χ3v) is 3.34. The fourth-order valence-corrected chi connectivity index (χ4v) is 2.34. The van der Waals surface area contributed by atoms with Crippen molar-refractivity contribution in [1.82, 2.24) is 5.32 Å². The molecule has 0 unspecified atom stereocenters. The van der Waals surface area contributed by atoms with Gasteiger partial charge in [0.15, 0.2) is 0 Å². The van der Waals surface area contributed by atoms with E-state index in [-0.39, 0.29) is 0 Å². The van der Waals surface area contributed by atoms with E-state index in [1.54, 1.807) is 11.8 Å². The molecule has 0 bridgehead atoms. The molecule has 2 nitrogen and oxygen atoms in total. The molecular formula is C11H15NOS.